The molecule has 104 valence electrons. The van der Waals surface area contributed by atoms with Crippen LogP contribution in [0.4, 0.5) is 5.69 Å². The van der Waals surface area contributed by atoms with Gasteiger partial charge in [0.25, 0.3) is 11.6 Å². The second kappa shape index (κ2) is 5.83. The predicted molar refractivity (Wildman–Crippen MR) is 77.9 cm³/mol. The maximum Gasteiger partial charge on any atom is 0.269 e. The smallest absolute Gasteiger partial charge is 0.269 e. The number of rotatable bonds is 4. The molecule has 5 nitrogen and oxygen atoms in total. The van der Waals surface area contributed by atoms with E-state index in [0.29, 0.717) is 4.88 Å². The Balaban J connectivity index is 2.22. The van der Waals surface area contributed by atoms with E-state index < -0.39 is 4.92 Å². The first-order valence-electron chi connectivity index (χ1n) is 6.05. The maximum absolute atomic E-state index is 12.2. The van der Waals surface area contributed by atoms with Crippen LogP contribution in [0.5, 0.6) is 0 Å². The molecule has 0 spiro atoms. The number of carbonyl (C=O) groups is 1. The lowest BCUT2D eigenvalue weighted by Crippen LogP contribution is -2.29. The molecular weight excluding hydrogens is 276 g/mol. The van der Waals surface area contributed by atoms with Crippen LogP contribution in [0.1, 0.15) is 28.2 Å². The highest BCUT2D eigenvalue weighted by Crippen LogP contribution is 2.25. The van der Waals surface area contributed by atoms with Crippen molar-refractivity contribution in [3.63, 3.8) is 0 Å². The molecule has 0 saturated carbocycles. The van der Waals surface area contributed by atoms with Gasteiger partial charge in [-0.2, -0.15) is 0 Å². The zero-order valence-electron chi connectivity index (χ0n) is 11.1. The van der Waals surface area contributed by atoms with Gasteiger partial charge in [0.15, 0.2) is 0 Å². The minimum absolute atomic E-state index is 0.0336. The van der Waals surface area contributed by atoms with Gasteiger partial charge in [-0.1, -0.05) is 18.2 Å². The Kier molecular flexibility index (Phi) is 4.14. The Labute approximate surface area is 120 Å². The first-order chi connectivity index (χ1) is 9.50. The molecule has 0 bridgehead atoms. The number of hydrogen-bond donors (Lipinski definition) is 0. The van der Waals surface area contributed by atoms with Crippen LogP contribution < -0.4 is 0 Å². The number of thiophene rings is 1. The summed E-state index contributed by atoms with van der Waals surface area (Å²) in [6, 6.07) is 9.72. The van der Waals surface area contributed by atoms with Gasteiger partial charge in [-0.3, -0.25) is 14.9 Å². The number of nitro benzene ring substituents is 1. The number of nitrogens with zero attached hydrogens (tertiary/aromatic N) is 2. The van der Waals surface area contributed by atoms with Crippen LogP contribution in [-0.2, 0) is 0 Å². The summed E-state index contributed by atoms with van der Waals surface area (Å²) in [6.07, 6.45) is 0. The summed E-state index contributed by atoms with van der Waals surface area (Å²) in [5.41, 5.74) is 0.776. The van der Waals surface area contributed by atoms with Gasteiger partial charge >= 0.3 is 0 Å². The molecule has 0 aliphatic carbocycles. The predicted octanol–water partition coefficient (Wildman–Crippen LogP) is 3.49. The van der Waals surface area contributed by atoms with E-state index in [2.05, 4.69) is 0 Å². The number of hydrogen-bond acceptors (Lipinski definition) is 4. The van der Waals surface area contributed by atoms with Gasteiger partial charge < -0.3 is 4.90 Å². The Morgan fingerprint density at radius 3 is 2.70 bits per heavy atom. The molecule has 2 aromatic rings. The highest BCUT2D eigenvalue weighted by atomic mass is 32.1. The van der Waals surface area contributed by atoms with E-state index in [-0.39, 0.29) is 17.6 Å². The molecule has 1 heterocycles. The van der Waals surface area contributed by atoms with E-state index in [1.807, 2.05) is 18.4 Å². The molecule has 0 radical (unpaired) electrons. The van der Waals surface area contributed by atoms with Crippen molar-refractivity contribution < 1.29 is 9.72 Å². The molecule has 0 fully saturated rings. The number of carbonyl (C=O) groups excluding carboxylic acids is 1. The van der Waals surface area contributed by atoms with Gasteiger partial charge in [-0.25, -0.2) is 0 Å². The second-order valence-corrected chi connectivity index (χ2v) is 5.37. The molecule has 20 heavy (non-hydrogen) atoms. The lowest BCUT2D eigenvalue weighted by atomic mass is 10.1. The molecule has 6 heteroatoms. The molecule has 2 rings (SSSR count). The lowest BCUT2D eigenvalue weighted by molar-refractivity contribution is -0.384. The van der Waals surface area contributed by atoms with Gasteiger partial charge in [0.05, 0.1) is 15.8 Å². The molecule has 0 aliphatic heterocycles. The van der Waals surface area contributed by atoms with Crippen molar-refractivity contribution in [3.05, 3.63) is 62.3 Å². The fourth-order valence-electron chi connectivity index (χ4n) is 1.87. The molecule has 1 unspecified atom stereocenters. The van der Waals surface area contributed by atoms with Crippen molar-refractivity contribution in [3.8, 4) is 0 Å². The van der Waals surface area contributed by atoms with Gasteiger partial charge in [0.2, 0.25) is 0 Å². The average molecular weight is 290 g/mol. The minimum atomic E-state index is -0.433. The van der Waals surface area contributed by atoms with Crippen LogP contribution >= 0.6 is 11.3 Å². The third-order valence-corrected chi connectivity index (χ3v) is 4.05. The van der Waals surface area contributed by atoms with Crippen molar-refractivity contribution >= 4 is 22.9 Å². The van der Waals surface area contributed by atoms with Gasteiger partial charge in [-0.05, 0) is 23.9 Å². The van der Waals surface area contributed by atoms with Crippen LogP contribution in [0.3, 0.4) is 0 Å². The molecule has 1 aromatic carbocycles. The molecule has 0 N–H and O–H groups in total. The summed E-state index contributed by atoms with van der Waals surface area (Å²) in [6.45, 7) is 1.85. The highest BCUT2D eigenvalue weighted by Gasteiger charge is 2.20. The Hall–Kier alpha value is -2.21. The van der Waals surface area contributed by atoms with Crippen molar-refractivity contribution in [1.29, 1.82) is 0 Å². The van der Waals surface area contributed by atoms with Gasteiger partial charge in [0.1, 0.15) is 0 Å². The van der Waals surface area contributed by atoms with E-state index in [1.165, 1.54) is 23.5 Å². The Morgan fingerprint density at radius 2 is 2.10 bits per heavy atom. The molecule has 0 saturated heterocycles. The summed E-state index contributed by atoms with van der Waals surface area (Å²) in [5, 5.41) is 12.6. The summed E-state index contributed by atoms with van der Waals surface area (Å²) >= 11 is 1.38. The molecule has 1 amide bonds. The van der Waals surface area contributed by atoms with Crippen LogP contribution in [0.25, 0.3) is 0 Å². The van der Waals surface area contributed by atoms with Crippen molar-refractivity contribution in [2.45, 2.75) is 13.0 Å². The van der Waals surface area contributed by atoms with Crippen LogP contribution in [0.2, 0.25) is 0 Å². The molecular formula is C14H14N2O3S. The molecule has 0 aliphatic rings. The van der Waals surface area contributed by atoms with E-state index in [0.717, 1.165) is 5.56 Å². The number of benzene rings is 1. The van der Waals surface area contributed by atoms with Crippen LogP contribution in [-0.4, -0.2) is 22.8 Å². The normalized spacial score (nSPS) is 11.9. The van der Waals surface area contributed by atoms with Gasteiger partial charge in [0, 0.05) is 19.2 Å². The summed E-state index contributed by atoms with van der Waals surface area (Å²) in [7, 11) is 1.70. The largest absolute Gasteiger partial charge is 0.334 e. The summed E-state index contributed by atoms with van der Waals surface area (Å²) in [5.74, 6) is -0.0843. The zero-order chi connectivity index (χ0) is 14.7. The minimum Gasteiger partial charge on any atom is -0.334 e. The number of non-ortho nitro benzene ring substituents is 1. The lowest BCUT2D eigenvalue weighted by Gasteiger charge is -2.24. The summed E-state index contributed by atoms with van der Waals surface area (Å²) in [4.78, 5) is 24.8. The number of nitro groups is 1. The first-order valence-corrected chi connectivity index (χ1v) is 6.93. The van der Waals surface area contributed by atoms with Crippen LogP contribution in [0, 0.1) is 10.1 Å². The van der Waals surface area contributed by atoms with E-state index in [9.17, 15) is 14.9 Å². The second-order valence-electron chi connectivity index (χ2n) is 4.42. The maximum atomic E-state index is 12.2. The summed E-state index contributed by atoms with van der Waals surface area (Å²) < 4.78 is 0. The first kappa shape index (κ1) is 14.2. The third-order valence-electron chi connectivity index (χ3n) is 3.20. The quantitative estimate of drug-likeness (QED) is 0.639. The fourth-order valence-corrected chi connectivity index (χ4v) is 2.58. The van der Waals surface area contributed by atoms with E-state index in [1.54, 1.807) is 30.1 Å². The highest BCUT2D eigenvalue weighted by molar-refractivity contribution is 7.12. The Morgan fingerprint density at radius 1 is 1.35 bits per heavy atom. The van der Waals surface area contributed by atoms with Crippen molar-refractivity contribution in [2.75, 3.05) is 7.05 Å². The monoisotopic (exact) mass is 290 g/mol. The van der Waals surface area contributed by atoms with Gasteiger partial charge in [-0.15, -0.1) is 11.3 Å². The average Bonchev–Trinajstić information content (AvgIpc) is 2.99. The zero-order valence-corrected chi connectivity index (χ0v) is 12.0. The standard InChI is InChI=1S/C14H14N2O3S/c1-10(11-5-3-6-12(9-11)16(18)19)15(2)14(17)13-7-4-8-20-13/h3-10H,1-2H3. The van der Waals surface area contributed by atoms with Crippen LogP contribution in [0.15, 0.2) is 41.8 Å². The molecule has 1 aromatic heterocycles. The Bertz CT molecular complexity index is 625. The van der Waals surface area contributed by atoms with Crippen molar-refractivity contribution in [1.82, 2.24) is 4.90 Å². The van der Waals surface area contributed by atoms with E-state index in [4.69, 9.17) is 0 Å². The van der Waals surface area contributed by atoms with Crippen molar-refractivity contribution in [2.24, 2.45) is 0 Å². The topological polar surface area (TPSA) is 63.5 Å². The molecule has 1 atom stereocenters. The third kappa shape index (κ3) is 2.85. The number of amides is 1. The fraction of sp³-hybridized carbons (Fsp3) is 0.214. The SMILES string of the molecule is CC(c1cccc([N+](=O)[O-])c1)N(C)C(=O)c1cccs1. The van der Waals surface area contributed by atoms with E-state index >= 15 is 0 Å².